The highest BCUT2D eigenvalue weighted by Gasteiger charge is 2.32. The highest BCUT2D eigenvalue weighted by atomic mass is 16.5. The number of carbonyl (C=O) groups excluding carboxylic acids is 1. The summed E-state index contributed by atoms with van der Waals surface area (Å²) in [5.41, 5.74) is 0. The fraction of sp³-hybridized carbons (Fsp3) is 0.938. The molecule has 2 rings (SSSR count). The molecule has 0 aliphatic carbocycles. The molecule has 2 saturated heterocycles. The van der Waals surface area contributed by atoms with E-state index < -0.39 is 0 Å². The quantitative estimate of drug-likeness (QED) is 0.817. The first-order chi connectivity index (χ1) is 10.2. The molecule has 2 unspecified atom stereocenters. The van der Waals surface area contributed by atoms with Crippen LogP contribution in [0.25, 0.3) is 0 Å². The summed E-state index contributed by atoms with van der Waals surface area (Å²) in [5, 5.41) is 12.5. The van der Waals surface area contributed by atoms with Crippen molar-refractivity contribution in [1.82, 2.24) is 10.2 Å². The molecular weight excluding hydrogens is 268 g/mol. The van der Waals surface area contributed by atoms with Gasteiger partial charge >= 0.3 is 6.03 Å². The van der Waals surface area contributed by atoms with Gasteiger partial charge in [-0.2, -0.15) is 0 Å². The molecule has 2 N–H and O–H groups in total. The number of rotatable bonds is 5. The second-order valence-corrected chi connectivity index (χ2v) is 6.33. The summed E-state index contributed by atoms with van der Waals surface area (Å²) >= 11 is 0. The molecule has 0 saturated carbocycles. The second-order valence-electron chi connectivity index (χ2n) is 6.33. The number of hydrogen-bond acceptors (Lipinski definition) is 3. The van der Waals surface area contributed by atoms with E-state index in [9.17, 15) is 9.90 Å². The van der Waals surface area contributed by atoms with Gasteiger partial charge in [0.2, 0.25) is 0 Å². The van der Waals surface area contributed by atoms with E-state index in [-0.39, 0.29) is 30.8 Å². The number of nitrogens with zero attached hydrogens (tertiary/aromatic N) is 1. The van der Waals surface area contributed by atoms with Crippen LogP contribution in [0.2, 0.25) is 0 Å². The first-order valence-corrected chi connectivity index (χ1v) is 8.49. The Hall–Kier alpha value is -0.810. The Morgan fingerprint density at radius 3 is 2.81 bits per heavy atom. The third kappa shape index (κ3) is 4.10. The maximum Gasteiger partial charge on any atom is 0.317 e. The number of ether oxygens (including phenoxy) is 1. The number of hydrogen-bond donors (Lipinski definition) is 2. The molecule has 21 heavy (non-hydrogen) atoms. The maximum atomic E-state index is 12.4. The van der Waals surface area contributed by atoms with Crippen molar-refractivity contribution in [2.45, 2.75) is 70.6 Å². The molecule has 2 amide bonds. The van der Waals surface area contributed by atoms with Gasteiger partial charge in [0, 0.05) is 19.2 Å². The van der Waals surface area contributed by atoms with Gasteiger partial charge in [0.1, 0.15) is 0 Å². The standard InChI is InChI=1S/C16H30N2O3/c1-3-12(4-2)15-10-13(7-9-21-15)17-16(20)18-8-5-6-14(18)11-19/h12-15,19H,3-11H2,1-2H3,(H,17,20)/t13?,14-,15?/m0/s1. The third-order valence-electron chi connectivity index (χ3n) is 5.07. The molecule has 0 radical (unpaired) electrons. The van der Waals surface area contributed by atoms with E-state index in [0.29, 0.717) is 5.92 Å². The van der Waals surface area contributed by atoms with Crippen molar-refractivity contribution < 1.29 is 14.6 Å². The Bertz CT molecular complexity index is 333. The number of amides is 2. The molecule has 0 aromatic heterocycles. The lowest BCUT2D eigenvalue weighted by atomic mass is 9.89. The monoisotopic (exact) mass is 298 g/mol. The molecule has 122 valence electrons. The van der Waals surface area contributed by atoms with Crippen LogP contribution in [0.4, 0.5) is 4.79 Å². The van der Waals surface area contributed by atoms with Crippen LogP contribution in [0.1, 0.15) is 52.4 Å². The first-order valence-electron chi connectivity index (χ1n) is 8.49. The number of urea groups is 1. The van der Waals surface area contributed by atoms with Gasteiger partial charge < -0.3 is 20.1 Å². The number of carbonyl (C=O) groups is 1. The summed E-state index contributed by atoms with van der Waals surface area (Å²) in [6, 6.07) is 0.193. The molecule has 0 aromatic carbocycles. The molecule has 2 fully saturated rings. The fourth-order valence-electron chi connectivity index (χ4n) is 3.65. The molecule has 2 aliphatic heterocycles. The Labute approximate surface area is 128 Å². The van der Waals surface area contributed by atoms with Crippen LogP contribution in [0.5, 0.6) is 0 Å². The Morgan fingerprint density at radius 1 is 1.38 bits per heavy atom. The molecule has 2 heterocycles. The van der Waals surface area contributed by atoms with Crippen molar-refractivity contribution in [2.75, 3.05) is 19.8 Å². The number of likely N-dealkylation sites (tertiary alicyclic amines) is 1. The molecule has 0 spiro atoms. The van der Waals surface area contributed by atoms with E-state index in [2.05, 4.69) is 19.2 Å². The van der Waals surface area contributed by atoms with Crippen LogP contribution in [0.3, 0.4) is 0 Å². The summed E-state index contributed by atoms with van der Waals surface area (Å²) in [6.45, 7) is 5.97. The lowest BCUT2D eigenvalue weighted by Crippen LogP contribution is -2.50. The predicted octanol–water partition coefficient (Wildman–Crippen LogP) is 2.14. The minimum absolute atomic E-state index is 0.000306. The molecule has 2 aliphatic rings. The van der Waals surface area contributed by atoms with Gasteiger partial charge in [0.25, 0.3) is 0 Å². The Morgan fingerprint density at radius 2 is 2.14 bits per heavy atom. The Kier molecular flexibility index (Phi) is 6.30. The van der Waals surface area contributed by atoms with Crippen molar-refractivity contribution in [3.8, 4) is 0 Å². The van der Waals surface area contributed by atoms with Gasteiger partial charge in [-0.15, -0.1) is 0 Å². The van der Waals surface area contributed by atoms with Gasteiger partial charge in [-0.25, -0.2) is 4.79 Å². The normalized spacial score (nSPS) is 29.9. The molecule has 0 aromatic rings. The SMILES string of the molecule is CCC(CC)C1CC(NC(=O)N2CCC[C@H]2CO)CCO1. The van der Waals surface area contributed by atoms with Gasteiger partial charge in [-0.3, -0.25) is 0 Å². The van der Waals surface area contributed by atoms with Crippen molar-refractivity contribution in [2.24, 2.45) is 5.92 Å². The second kappa shape index (κ2) is 7.99. The summed E-state index contributed by atoms with van der Waals surface area (Å²) in [5.74, 6) is 0.585. The predicted molar refractivity (Wildman–Crippen MR) is 82.2 cm³/mol. The van der Waals surface area contributed by atoms with Crippen LogP contribution < -0.4 is 5.32 Å². The van der Waals surface area contributed by atoms with E-state index in [1.165, 1.54) is 0 Å². The first kappa shape index (κ1) is 16.6. The summed E-state index contributed by atoms with van der Waals surface area (Å²) < 4.78 is 5.90. The highest BCUT2D eigenvalue weighted by Crippen LogP contribution is 2.25. The zero-order chi connectivity index (χ0) is 15.2. The smallest absolute Gasteiger partial charge is 0.317 e. The van der Waals surface area contributed by atoms with Crippen LogP contribution in [0.15, 0.2) is 0 Å². The number of aliphatic hydroxyl groups excluding tert-OH is 1. The van der Waals surface area contributed by atoms with Crippen LogP contribution in [0, 0.1) is 5.92 Å². The van der Waals surface area contributed by atoms with E-state index in [1.54, 1.807) is 4.90 Å². The maximum absolute atomic E-state index is 12.4. The van der Waals surface area contributed by atoms with E-state index >= 15 is 0 Å². The van der Waals surface area contributed by atoms with Crippen molar-refractivity contribution in [1.29, 1.82) is 0 Å². The van der Waals surface area contributed by atoms with Crippen molar-refractivity contribution in [3.05, 3.63) is 0 Å². The van der Waals surface area contributed by atoms with Crippen LogP contribution in [-0.2, 0) is 4.74 Å². The summed E-state index contributed by atoms with van der Waals surface area (Å²) in [6.07, 6.45) is 6.22. The minimum Gasteiger partial charge on any atom is -0.394 e. The largest absolute Gasteiger partial charge is 0.394 e. The van der Waals surface area contributed by atoms with E-state index in [0.717, 1.165) is 51.7 Å². The van der Waals surface area contributed by atoms with Gasteiger partial charge in [-0.1, -0.05) is 26.7 Å². The number of aliphatic hydroxyl groups is 1. The van der Waals surface area contributed by atoms with Gasteiger partial charge in [0.15, 0.2) is 0 Å². The molecule has 5 heteroatoms. The average Bonchev–Trinajstić information content (AvgIpc) is 2.97. The third-order valence-corrected chi connectivity index (χ3v) is 5.07. The van der Waals surface area contributed by atoms with Crippen molar-refractivity contribution >= 4 is 6.03 Å². The fourth-order valence-corrected chi connectivity index (χ4v) is 3.65. The van der Waals surface area contributed by atoms with Gasteiger partial charge in [-0.05, 0) is 31.6 Å². The van der Waals surface area contributed by atoms with Gasteiger partial charge in [0.05, 0.1) is 18.8 Å². The lowest BCUT2D eigenvalue weighted by molar-refractivity contribution is -0.0337. The van der Waals surface area contributed by atoms with Crippen LogP contribution in [-0.4, -0.2) is 54.0 Å². The average molecular weight is 298 g/mol. The van der Waals surface area contributed by atoms with E-state index in [4.69, 9.17) is 4.74 Å². The lowest BCUT2D eigenvalue weighted by Gasteiger charge is -2.35. The zero-order valence-electron chi connectivity index (χ0n) is 13.4. The van der Waals surface area contributed by atoms with Crippen LogP contribution >= 0.6 is 0 Å². The molecular formula is C16H30N2O3. The minimum atomic E-state index is -0.0123. The zero-order valence-corrected chi connectivity index (χ0v) is 13.4. The number of nitrogens with one attached hydrogen (secondary N) is 1. The molecule has 0 bridgehead atoms. The Balaban J connectivity index is 1.86. The van der Waals surface area contributed by atoms with Crippen molar-refractivity contribution in [3.63, 3.8) is 0 Å². The topological polar surface area (TPSA) is 61.8 Å². The summed E-state index contributed by atoms with van der Waals surface area (Å²) in [7, 11) is 0. The van der Waals surface area contributed by atoms with E-state index in [1.807, 2.05) is 0 Å². The summed E-state index contributed by atoms with van der Waals surface area (Å²) in [4.78, 5) is 14.2. The molecule has 5 nitrogen and oxygen atoms in total. The molecule has 3 atom stereocenters. The highest BCUT2D eigenvalue weighted by molar-refractivity contribution is 5.75.